The van der Waals surface area contributed by atoms with Crippen LogP contribution in [0.4, 0.5) is 10.8 Å². The van der Waals surface area contributed by atoms with Crippen LogP contribution >= 0.6 is 34.0 Å². The first-order chi connectivity index (χ1) is 15.5. The first-order valence-corrected chi connectivity index (χ1v) is 12.1. The van der Waals surface area contributed by atoms with E-state index in [4.69, 9.17) is 0 Å². The summed E-state index contributed by atoms with van der Waals surface area (Å²) in [5.41, 5.74) is 1.72. The Labute approximate surface area is 196 Å². The lowest BCUT2D eigenvalue weighted by molar-refractivity contribution is -0.119. The molecule has 0 spiro atoms. The average Bonchev–Trinajstić information content (AvgIpc) is 3.53. The molecule has 0 aliphatic carbocycles. The van der Waals surface area contributed by atoms with Gasteiger partial charge in [-0.15, -0.1) is 34.0 Å². The second kappa shape index (κ2) is 9.86. The molecule has 32 heavy (non-hydrogen) atoms. The van der Waals surface area contributed by atoms with Gasteiger partial charge in [-0.25, -0.2) is 4.98 Å². The molecule has 3 aromatic heterocycles. The molecule has 7 nitrogen and oxygen atoms in total. The molecule has 162 valence electrons. The quantitative estimate of drug-likeness (QED) is 0.342. The zero-order chi connectivity index (χ0) is 22.5. The molecule has 0 saturated heterocycles. The van der Waals surface area contributed by atoms with E-state index in [0.717, 1.165) is 15.4 Å². The van der Waals surface area contributed by atoms with Crippen molar-refractivity contribution < 1.29 is 14.4 Å². The van der Waals surface area contributed by atoms with E-state index in [9.17, 15) is 14.4 Å². The third kappa shape index (κ3) is 5.47. The number of hydrogen-bond acceptors (Lipinski definition) is 7. The number of nitrogens with zero attached hydrogens (tertiary/aromatic N) is 1. The molecule has 4 rings (SSSR count). The van der Waals surface area contributed by atoms with E-state index < -0.39 is 0 Å². The number of hydrogen-bond donors (Lipinski definition) is 3. The molecular formula is C22H18N4O3S3. The van der Waals surface area contributed by atoms with Crippen LogP contribution in [0.5, 0.6) is 0 Å². The minimum atomic E-state index is -0.310. The lowest BCUT2D eigenvalue weighted by Crippen LogP contribution is -2.17. The van der Waals surface area contributed by atoms with E-state index in [1.807, 2.05) is 29.0 Å². The predicted molar refractivity (Wildman–Crippen MR) is 130 cm³/mol. The molecule has 10 heteroatoms. The zero-order valence-electron chi connectivity index (χ0n) is 16.9. The number of anilines is 2. The minimum absolute atomic E-state index is 0.0752. The summed E-state index contributed by atoms with van der Waals surface area (Å²) in [6.45, 7) is 1.96. The Morgan fingerprint density at radius 3 is 2.62 bits per heavy atom. The van der Waals surface area contributed by atoms with Crippen molar-refractivity contribution in [2.24, 2.45) is 0 Å². The molecule has 4 aromatic rings. The summed E-state index contributed by atoms with van der Waals surface area (Å²) < 4.78 is 0. The Morgan fingerprint density at radius 1 is 0.969 bits per heavy atom. The van der Waals surface area contributed by atoms with E-state index >= 15 is 0 Å². The molecule has 0 saturated carbocycles. The summed E-state index contributed by atoms with van der Waals surface area (Å²) >= 11 is 4.23. The topological polar surface area (TPSA) is 100 Å². The molecule has 0 aliphatic rings. The predicted octanol–water partition coefficient (Wildman–Crippen LogP) is 5.07. The van der Waals surface area contributed by atoms with Gasteiger partial charge in [0.25, 0.3) is 11.8 Å². The van der Waals surface area contributed by atoms with Gasteiger partial charge in [0.05, 0.1) is 22.0 Å². The second-order valence-electron chi connectivity index (χ2n) is 6.68. The van der Waals surface area contributed by atoms with Crippen molar-refractivity contribution in [1.82, 2.24) is 10.3 Å². The lowest BCUT2D eigenvalue weighted by atomic mass is 10.2. The highest BCUT2D eigenvalue weighted by atomic mass is 32.1. The molecule has 0 radical (unpaired) electrons. The normalized spacial score (nSPS) is 10.5. The first-order valence-electron chi connectivity index (χ1n) is 9.53. The Bertz CT molecular complexity index is 1260. The van der Waals surface area contributed by atoms with Crippen LogP contribution in [0.25, 0.3) is 10.6 Å². The summed E-state index contributed by atoms with van der Waals surface area (Å²) in [6, 6.07) is 14.2. The number of rotatable bonds is 7. The van der Waals surface area contributed by atoms with Crippen molar-refractivity contribution in [3.05, 3.63) is 74.6 Å². The molecular weight excluding hydrogens is 464 g/mol. The summed E-state index contributed by atoms with van der Waals surface area (Å²) in [5.74, 6) is -0.597. The molecule has 0 atom stereocenters. The second-order valence-corrected chi connectivity index (χ2v) is 9.65. The number of carbonyl (C=O) groups is 3. The number of thiophene rings is 2. The van der Waals surface area contributed by atoms with Gasteiger partial charge in [-0.1, -0.05) is 12.1 Å². The van der Waals surface area contributed by atoms with Gasteiger partial charge in [0.1, 0.15) is 0 Å². The fourth-order valence-corrected chi connectivity index (χ4v) is 5.08. The van der Waals surface area contributed by atoms with Gasteiger partial charge >= 0.3 is 0 Å². The SMILES string of the molecule is CC(=O)NCc1ccc(-c2csc(NC(=O)c3cccc(NC(=O)c4cccs4)c3)n2)s1. The third-order valence-corrected chi connectivity index (χ3v) is 7.01. The first kappa shape index (κ1) is 21.9. The van der Waals surface area contributed by atoms with Crippen molar-refractivity contribution in [2.45, 2.75) is 13.5 Å². The number of amides is 3. The van der Waals surface area contributed by atoms with Gasteiger partial charge in [0.2, 0.25) is 5.91 Å². The average molecular weight is 483 g/mol. The molecule has 3 N–H and O–H groups in total. The molecule has 0 bridgehead atoms. The minimum Gasteiger partial charge on any atom is -0.351 e. The molecule has 3 heterocycles. The Hall–Kier alpha value is -3.34. The number of nitrogens with one attached hydrogen (secondary N) is 3. The highest BCUT2D eigenvalue weighted by molar-refractivity contribution is 7.17. The molecule has 0 unspecified atom stereocenters. The van der Waals surface area contributed by atoms with Gasteiger partial charge in [-0.05, 0) is 41.8 Å². The van der Waals surface area contributed by atoms with Crippen LogP contribution in [0.1, 0.15) is 31.8 Å². The van der Waals surface area contributed by atoms with Crippen LogP contribution in [-0.2, 0) is 11.3 Å². The Kier molecular flexibility index (Phi) is 6.74. The fraction of sp³-hybridized carbons (Fsp3) is 0.0909. The van der Waals surface area contributed by atoms with Gasteiger partial charge in [0.15, 0.2) is 5.13 Å². The van der Waals surface area contributed by atoms with Crippen molar-refractivity contribution in [2.75, 3.05) is 10.6 Å². The summed E-state index contributed by atoms with van der Waals surface area (Å²) in [4.78, 5) is 43.1. The highest BCUT2D eigenvalue weighted by Gasteiger charge is 2.13. The third-order valence-electron chi connectivity index (χ3n) is 4.28. The van der Waals surface area contributed by atoms with E-state index in [0.29, 0.717) is 27.8 Å². The van der Waals surface area contributed by atoms with Crippen molar-refractivity contribution >= 4 is 62.6 Å². The number of carbonyl (C=O) groups excluding carboxylic acids is 3. The van der Waals surface area contributed by atoms with Crippen LogP contribution < -0.4 is 16.0 Å². The van der Waals surface area contributed by atoms with E-state index in [-0.39, 0.29) is 17.7 Å². The smallest absolute Gasteiger partial charge is 0.265 e. The summed E-state index contributed by atoms with van der Waals surface area (Å²) in [5, 5.41) is 12.6. The van der Waals surface area contributed by atoms with Crippen LogP contribution in [0.15, 0.2) is 59.3 Å². The highest BCUT2D eigenvalue weighted by Crippen LogP contribution is 2.31. The van der Waals surface area contributed by atoms with Gasteiger partial charge in [0, 0.05) is 28.4 Å². The van der Waals surface area contributed by atoms with Gasteiger partial charge in [-0.2, -0.15) is 0 Å². The number of benzene rings is 1. The lowest BCUT2D eigenvalue weighted by Gasteiger charge is -2.06. The summed E-state index contributed by atoms with van der Waals surface area (Å²) in [6.07, 6.45) is 0. The van der Waals surface area contributed by atoms with Crippen molar-refractivity contribution in [3.63, 3.8) is 0 Å². The Morgan fingerprint density at radius 2 is 1.84 bits per heavy atom. The maximum absolute atomic E-state index is 12.7. The monoisotopic (exact) mass is 482 g/mol. The van der Waals surface area contributed by atoms with Crippen LogP contribution in [0.3, 0.4) is 0 Å². The summed E-state index contributed by atoms with van der Waals surface area (Å²) in [7, 11) is 0. The fourth-order valence-electron chi connectivity index (χ4n) is 2.77. The van der Waals surface area contributed by atoms with E-state index in [1.54, 1.807) is 41.7 Å². The number of thiazole rings is 1. The molecule has 1 aromatic carbocycles. The zero-order valence-corrected chi connectivity index (χ0v) is 19.3. The van der Waals surface area contributed by atoms with Crippen LogP contribution in [0.2, 0.25) is 0 Å². The van der Waals surface area contributed by atoms with E-state index in [2.05, 4.69) is 20.9 Å². The molecule has 3 amide bonds. The Balaban J connectivity index is 1.40. The van der Waals surface area contributed by atoms with Gasteiger partial charge < -0.3 is 10.6 Å². The maximum Gasteiger partial charge on any atom is 0.265 e. The standard InChI is InChI=1S/C22H18N4O3S3/c1-13(27)23-11-16-7-8-18(32-16)17-12-31-22(25-17)26-20(28)14-4-2-5-15(10-14)24-21(29)19-6-3-9-30-19/h2-10,12H,11H2,1H3,(H,23,27)(H,24,29)(H,25,26,28). The van der Waals surface area contributed by atoms with Crippen LogP contribution in [0, 0.1) is 0 Å². The molecule has 0 aliphatic heterocycles. The van der Waals surface area contributed by atoms with Crippen LogP contribution in [-0.4, -0.2) is 22.7 Å². The largest absolute Gasteiger partial charge is 0.351 e. The maximum atomic E-state index is 12.7. The van der Waals surface area contributed by atoms with Crippen molar-refractivity contribution in [1.29, 1.82) is 0 Å². The molecule has 0 fully saturated rings. The van der Waals surface area contributed by atoms with Gasteiger partial charge in [-0.3, -0.25) is 19.7 Å². The van der Waals surface area contributed by atoms with Crippen molar-refractivity contribution in [3.8, 4) is 10.6 Å². The van der Waals surface area contributed by atoms with E-state index in [1.165, 1.54) is 29.6 Å². The number of aromatic nitrogens is 1.